The summed E-state index contributed by atoms with van der Waals surface area (Å²) in [7, 11) is 1.60. The predicted octanol–water partition coefficient (Wildman–Crippen LogP) is 1.55. The third-order valence-electron chi connectivity index (χ3n) is 1.67. The summed E-state index contributed by atoms with van der Waals surface area (Å²) < 4.78 is 9.66. The lowest BCUT2D eigenvalue weighted by molar-refractivity contribution is 0.406. The maximum absolute atomic E-state index is 5.13. The number of methoxy groups -OCH3 is 1. The zero-order valence-electron chi connectivity index (χ0n) is 7.02. The van der Waals surface area contributed by atoms with Gasteiger partial charge in [-0.05, 0) is 12.1 Å². The molecular weight excluding hydrogens is 168 g/mol. The van der Waals surface area contributed by atoms with Crippen LogP contribution in [-0.4, -0.2) is 17.3 Å². The van der Waals surface area contributed by atoms with Gasteiger partial charge in [0.05, 0.1) is 12.7 Å². The number of hydrogen-bond donors (Lipinski definition) is 0. The highest BCUT2D eigenvalue weighted by Gasteiger charge is 2.08. The van der Waals surface area contributed by atoms with Crippen molar-refractivity contribution in [1.29, 1.82) is 0 Å². The number of hydrogen-bond acceptors (Lipinski definition) is 4. The van der Waals surface area contributed by atoms with Gasteiger partial charge in [0.25, 0.3) is 0 Å². The highest BCUT2D eigenvalue weighted by molar-refractivity contribution is 5.63. The van der Waals surface area contributed by atoms with Gasteiger partial charge in [0.2, 0.25) is 5.82 Å². The molecule has 0 aliphatic carbocycles. The second-order valence-electron chi connectivity index (χ2n) is 2.41. The molecule has 0 saturated carbocycles. The molecule has 0 aliphatic rings. The summed E-state index contributed by atoms with van der Waals surface area (Å²) in [5.41, 5.74) is 0.801. The number of nitrogens with zero attached hydrogens (tertiary/aromatic N) is 2. The highest BCUT2D eigenvalue weighted by atomic mass is 16.5. The average molecular weight is 175 g/mol. The molecule has 2 aromatic rings. The molecule has 65 valence electrons. The Kier molecular flexibility index (Phi) is 1.96. The molecule has 0 spiro atoms. The molecule has 1 aromatic heterocycles. The van der Waals surface area contributed by atoms with E-state index in [4.69, 9.17) is 4.74 Å². The van der Waals surface area contributed by atoms with Gasteiger partial charge < -0.3 is 9.26 Å². The summed E-state index contributed by atoms with van der Waals surface area (Å²) in [6, 6.07) is 7.46. The Morgan fingerprint density at radius 2 is 2.23 bits per heavy atom. The van der Waals surface area contributed by atoms with Crippen molar-refractivity contribution in [3.05, 3.63) is 30.7 Å². The van der Waals surface area contributed by atoms with Gasteiger partial charge >= 0.3 is 6.39 Å². The van der Waals surface area contributed by atoms with Crippen molar-refractivity contribution in [3.63, 3.8) is 0 Å². The third-order valence-corrected chi connectivity index (χ3v) is 1.67. The third kappa shape index (κ3) is 1.38. The predicted molar refractivity (Wildman–Crippen MR) is 45.1 cm³/mol. The molecule has 4 nitrogen and oxygen atoms in total. The first-order valence-electron chi connectivity index (χ1n) is 3.75. The smallest absolute Gasteiger partial charge is 0.316 e. The van der Waals surface area contributed by atoms with Crippen LogP contribution >= 0.6 is 0 Å². The van der Waals surface area contributed by atoms with Gasteiger partial charge in [-0.25, -0.2) is 0 Å². The molecule has 1 radical (unpaired) electrons. The Morgan fingerprint density at radius 1 is 1.38 bits per heavy atom. The van der Waals surface area contributed by atoms with E-state index in [9.17, 15) is 0 Å². The van der Waals surface area contributed by atoms with Crippen LogP contribution in [0.3, 0.4) is 0 Å². The standard InChI is InChI=1S/C9H7N2O2/c1-12-8-5-3-2-4-7(8)9-10-6-13-11-9/h2-5H,1H3. The molecular formula is C9H7N2O2. The van der Waals surface area contributed by atoms with Crippen molar-refractivity contribution < 1.29 is 9.26 Å². The molecule has 0 bridgehead atoms. The number of para-hydroxylation sites is 1. The van der Waals surface area contributed by atoms with E-state index in [1.54, 1.807) is 7.11 Å². The van der Waals surface area contributed by atoms with E-state index in [1.165, 1.54) is 0 Å². The monoisotopic (exact) mass is 175 g/mol. The minimum absolute atomic E-state index is 0.484. The van der Waals surface area contributed by atoms with Gasteiger partial charge in [0.1, 0.15) is 5.75 Å². The molecule has 13 heavy (non-hydrogen) atoms. The summed E-state index contributed by atoms with van der Waals surface area (Å²) in [4.78, 5) is 3.81. The Hall–Kier alpha value is -1.84. The second kappa shape index (κ2) is 3.26. The molecule has 0 saturated heterocycles. The van der Waals surface area contributed by atoms with Gasteiger partial charge in [0.15, 0.2) is 0 Å². The molecule has 1 aromatic carbocycles. The second-order valence-corrected chi connectivity index (χ2v) is 2.41. The number of aromatic nitrogens is 2. The van der Waals surface area contributed by atoms with Crippen molar-refractivity contribution in [1.82, 2.24) is 10.1 Å². The van der Waals surface area contributed by atoms with E-state index in [0.29, 0.717) is 5.82 Å². The maximum Gasteiger partial charge on any atom is 0.316 e. The van der Waals surface area contributed by atoms with Crippen LogP contribution in [0.5, 0.6) is 5.75 Å². The van der Waals surface area contributed by atoms with E-state index < -0.39 is 0 Å². The van der Waals surface area contributed by atoms with Crippen molar-refractivity contribution in [2.45, 2.75) is 0 Å². The van der Waals surface area contributed by atoms with Gasteiger partial charge in [-0.2, -0.15) is 4.98 Å². The maximum atomic E-state index is 5.13. The summed E-state index contributed by atoms with van der Waals surface area (Å²) in [5, 5.41) is 3.67. The summed E-state index contributed by atoms with van der Waals surface area (Å²) in [6.45, 7) is 0. The summed E-state index contributed by atoms with van der Waals surface area (Å²) in [6.07, 6.45) is 2.29. The molecule has 0 fully saturated rings. The quantitative estimate of drug-likeness (QED) is 0.694. The minimum atomic E-state index is 0.484. The Labute approximate surface area is 75.2 Å². The molecule has 1 heterocycles. The molecule has 2 rings (SSSR count). The number of rotatable bonds is 2. The van der Waals surface area contributed by atoms with Gasteiger partial charge in [0, 0.05) is 0 Å². The molecule has 0 unspecified atom stereocenters. The normalized spacial score (nSPS) is 9.92. The first-order chi connectivity index (χ1) is 6.42. The van der Waals surface area contributed by atoms with E-state index in [1.807, 2.05) is 24.3 Å². The number of benzene rings is 1. The lowest BCUT2D eigenvalue weighted by Gasteiger charge is -2.02. The van der Waals surface area contributed by atoms with Crippen molar-refractivity contribution >= 4 is 0 Å². The summed E-state index contributed by atoms with van der Waals surface area (Å²) in [5.74, 6) is 1.20. The van der Waals surface area contributed by atoms with Gasteiger partial charge in [-0.15, -0.1) is 0 Å². The van der Waals surface area contributed by atoms with Crippen LogP contribution in [0.25, 0.3) is 11.4 Å². The van der Waals surface area contributed by atoms with E-state index >= 15 is 0 Å². The Balaban J connectivity index is 2.51. The van der Waals surface area contributed by atoms with E-state index in [0.717, 1.165) is 11.3 Å². The van der Waals surface area contributed by atoms with Crippen LogP contribution in [-0.2, 0) is 0 Å². The molecule has 0 amide bonds. The highest BCUT2D eigenvalue weighted by Crippen LogP contribution is 2.25. The van der Waals surface area contributed by atoms with Crippen LogP contribution in [0, 0.1) is 6.39 Å². The zero-order valence-corrected chi connectivity index (χ0v) is 7.02. The fourth-order valence-electron chi connectivity index (χ4n) is 1.09. The lowest BCUT2D eigenvalue weighted by atomic mass is 10.2. The lowest BCUT2D eigenvalue weighted by Crippen LogP contribution is -1.88. The van der Waals surface area contributed by atoms with Crippen molar-refractivity contribution in [3.8, 4) is 17.1 Å². The molecule has 0 aliphatic heterocycles. The van der Waals surface area contributed by atoms with Crippen LogP contribution < -0.4 is 4.74 Å². The average Bonchev–Trinajstić information content (AvgIpc) is 2.70. The van der Waals surface area contributed by atoms with Crippen LogP contribution in [0.1, 0.15) is 0 Å². The van der Waals surface area contributed by atoms with Gasteiger partial charge in [-0.1, -0.05) is 17.3 Å². The van der Waals surface area contributed by atoms with Crippen LogP contribution in [0.2, 0.25) is 0 Å². The fourth-order valence-corrected chi connectivity index (χ4v) is 1.09. The Bertz CT molecular complexity index is 384. The van der Waals surface area contributed by atoms with E-state index in [-0.39, 0.29) is 0 Å². The van der Waals surface area contributed by atoms with Crippen LogP contribution in [0.4, 0.5) is 0 Å². The first kappa shape index (κ1) is 7.79. The SMILES string of the molecule is COc1ccccc1-c1n[c]on1. The largest absolute Gasteiger partial charge is 0.496 e. The zero-order chi connectivity index (χ0) is 9.10. The fraction of sp³-hybridized carbons (Fsp3) is 0.111. The van der Waals surface area contributed by atoms with Crippen molar-refractivity contribution in [2.75, 3.05) is 7.11 Å². The molecule has 4 heteroatoms. The van der Waals surface area contributed by atoms with Gasteiger partial charge in [-0.3, -0.25) is 0 Å². The first-order valence-corrected chi connectivity index (χ1v) is 3.75. The topological polar surface area (TPSA) is 48.2 Å². The minimum Gasteiger partial charge on any atom is -0.496 e. The van der Waals surface area contributed by atoms with Crippen LogP contribution in [0.15, 0.2) is 28.8 Å². The molecule has 0 atom stereocenters. The summed E-state index contributed by atoms with van der Waals surface area (Å²) >= 11 is 0. The number of ether oxygens (including phenoxy) is 1. The van der Waals surface area contributed by atoms with Crippen molar-refractivity contribution in [2.24, 2.45) is 0 Å². The van der Waals surface area contributed by atoms with E-state index in [2.05, 4.69) is 21.1 Å². The molecule has 0 N–H and O–H groups in total. The Morgan fingerprint density at radius 3 is 2.92 bits per heavy atom.